The monoisotopic (exact) mass is 295 g/mol. The number of rotatable bonds is 3. The van der Waals surface area contributed by atoms with Crippen LogP contribution in [0.2, 0.25) is 0 Å². The molecule has 5 nitrogen and oxygen atoms in total. The lowest BCUT2D eigenvalue weighted by molar-refractivity contribution is 0.310. The number of hydrogen-bond acceptors (Lipinski definition) is 4. The predicted octanol–water partition coefficient (Wildman–Crippen LogP) is 1.06. The highest BCUT2D eigenvalue weighted by molar-refractivity contribution is 7.89. The molecule has 0 amide bonds. The molecule has 2 N–H and O–H groups in total. The molecule has 0 radical (unpaired) electrons. The van der Waals surface area contributed by atoms with E-state index >= 15 is 0 Å². The van der Waals surface area contributed by atoms with Gasteiger partial charge in [-0.2, -0.15) is 0 Å². The maximum atomic E-state index is 12.4. The molecule has 0 unspecified atom stereocenters. The third kappa shape index (κ3) is 4.60. The summed E-state index contributed by atoms with van der Waals surface area (Å²) < 4.78 is 26.2. The second-order valence-corrected chi connectivity index (χ2v) is 7.78. The van der Waals surface area contributed by atoms with Crippen LogP contribution in [0, 0.1) is 17.3 Å². The fourth-order valence-electron chi connectivity index (χ4n) is 1.71. The molecule has 0 saturated carbocycles. The highest BCUT2D eigenvalue weighted by Crippen LogP contribution is 2.20. The molecule has 1 rings (SSSR count). The van der Waals surface area contributed by atoms with Crippen molar-refractivity contribution in [1.82, 2.24) is 9.29 Å². The average molecular weight is 295 g/mol. The van der Waals surface area contributed by atoms with Gasteiger partial charge in [0.05, 0.1) is 6.54 Å². The zero-order chi connectivity index (χ0) is 15.4. The topological polar surface area (TPSA) is 76.3 Å². The van der Waals surface area contributed by atoms with E-state index in [9.17, 15) is 8.42 Å². The minimum atomic E-state index is -3.55. The Kier molecular flexibility index (Phi) is 5.28. The molecule has 1 heterocycles. The van der Waals surface area contributed by atoms with Crippen LogP contribution in [-0.2, 0) is 10.0 Å². The van der Waals surface area contributed by atoms with Crippen LogP contribution in [-0.4, -0.2) is 37.8 Å². The van der Waals surface area contributed by atoms with Gasteiger partial charge in [-0.3, -0.25) is 4.98 Å². The Bertz CT molecular complexity index is 622. The van der Waals surface area contributed by atoms with Crippen molar-refractivity contribution in [2.75, 3.05) is 20.1 Å². The number of nitrogens with zero attached hydrogens (tertiary/aromatic N) is 2. The second-order valence-electron chi connectivity index (χ2n) is 5.74. The van der Waals surface area contributed by atoms with Crippen molar-refractivity contribution in [2.24, 2.45) is 11.1 Å². The third-order valence-corrected chi connectivity index (χ3v) is 4.22. The normalized spacial score (nSPS) is 12.1. The van der Waals surface area contributed by atoms with Crippen molar-refractivity contribution in [2.45, 2.75) is 25.7 Å². The molecule has 0 aromatic carbocycles. The van der Waals surface area contributed by atoms with Crippen molar-refractivity contribution in [3.63, 3.8) is 0 Å². The summed E-state index contributed by atoms with van der Waals surface area (Å²) in [6, 6.07) is 1.52. The predicted molar refractivity (Wildman–Crippen MR) is 79.4 cm³/mol. The van der Waals surface area contributed by atoms with Gasteiger partial charge in [0.2, 0.25) is 10.0 Å². The summed E-state index contributed by atoms with van der Waals surface area (Å²) in [5.41, 5.74) is 5.72. The van der Waals surface area contributed by atoms with E-state index in [4.69, 9.17) is 5.73 Å². The van der Waals surface area contributed by atoms with Gasteiger partial charge in [-0.05, 0) is 11.5 Å². The van der Waals surface area contributed by atoms with Crippen LogP contribution in [0.4, 0.5) is 0 Å². The fraction of sp³-hybridized carbons (Fsp3) is 0.500. The Balaban J connectivity index is 3.10. The zero-order valence-corrected chi connectivity index (χ0v) is 13.2. The maximum Gasteiger partial charge on any atom is 0.244 e. The van der Waals surface area contributed by atoms with Crippen LogP contribution in [0.15, 0.2) is 23.4 Å². The van der Waals surface area contributed by atoms with Gasteiger partial charge in [0, 0.05) is 31.5 Å². The summed E-state index contributed by atoms with van der Waals surface area (Å²) in [4.78, 5) is 4.08. The summed E-state index contributed by atoms with van der Waals surface area (Å²) in [6.45, 7) is 6.61. The first-order valence-electron chi connectivity index (χ1n) is 6.27. The fourth-order valence-corrected chi connectivity index (χ4v) is 3.10. The van der Waals surface area contributed by atoms with Crippen LogP contribution >= 0.6 is 0 Å². The van der Waals surface area contributed by atoms with Gasteiger partial charge in [-0.1, -0.05) is 32.6 Å². The van der Waals surface area contributed by atoms with Gasteiger partial charge in [-0.25, -0.2) is 12.7 Å². The molecule has 1 aromatic heterocycles. The third-order valence-electron chi connectivity index (χ3n) is 2.45. The number of pyridine rings is 1. The van der Waals surface area contributed by atoms with Crippen molar-refractivity contribution in [1.29, 1.82) is 0 Å². The summed E-state index contributed by atoms with van der Waals surface area (Å²) in [7, 11) is -1.98. The molecule has 110 valence electrons. The quantitative estimate of drug-likeness (QED) is 0.846. The SMILES string of the molecule is CN(CC(C)(C)C)S(=O)(=O)c1cncc(C#CCN)c1. The van der Waals surface area contributed by atoms with Crippen molar-refractivity contribution in [3.8, 4) is 11.8 Å². The number of sulfonamides is 1. The van der Waals surface area contributed by atoms with E-state index in [1.807, 2.05) is 20.8 Å². The minimum Gasteiger partial charge on any atom is -0.320 e. The first-order valence-corrected chi connectivity index (χ1v) is 7.71. The van der Waals surface area contributed by atoms with Crippen LogP contribution in [0.1, 0.15) is 26.3 Å². The molecule has 0 aliphatic rings. The molecule has 0 fully saturated rings. The molecule has 0 spiro atoms. The highest BCUT2D eigenvalue weighted by atomic mass is 32.2. The summed E-state index contributed by atoms with van der Waals surface area (Å²) >= 11 is 0. The van der Waals surface area contributed by atoms with Gasteiger partial charge < -0.3 is 5.73 Å². The van der Waals surface area contributed by atoms with Crippen LogP contribution in [0.25, 0.3) is 0 Å². The Morgan fingerprint density at radius 3 is 2.55 bits per heavy atom. The summed E-state index contributed by atoms with van der Waals surface area (Å²) in [5.74, 6) is 5.46. The van der Waals surface area contributed by atoms with E-state index in [1.165, 1.54) is 22.8 Å². The number of aromatic nitrogens is 1. The van der Waals surface area contributed by atoms with Gasteiger partial charge >= 0.3 is 0 Å². The van der Waals surface area contributed by atoms with E-state index in [0.717, 1.165) is 0 Å². The lowest BCUT2D eigenvalue weighted by Gasteiger charge is -2.25. The first kappa shape index (κ1) is 16.6. The van der Waals surface area contributed by atoms with Gasteiger partial charge in [0.1, 0.15) is 4.90 Å². The van der Waals surface area contributed by atoms with E-state index in [0.29, 0.717) is 12.1 Å². The van der Waals surface area contributed by atoms with Crippen LogP contribution in [0.3, 0.4) is 0 Å². The lowest BCUT2D eigenvalue weighted by Crippen LogP contribution is -2.34. The lowest BCUT2D eigenvalue weighted by atomic mass is 9.97. The summed E-state index contributed by atoms with van der Waals surface area (Å²) in [5, 5.41) is 0. The van der Waals surface area contributed by atoms with E-state index in [-0.39, 0.29) is 16.9 Å². The van der Waals surface area contributed by atoms with Crippen molar-refractivity contribution >= 4 is 10.0 Å². The smallest absolute Gasteiger partial charge is 0.244 e. The standard InChI is InChI=1S/C14H21N3O2S/c1-14(2,3)11-17(4)20(18,19)13-8-12(6-5-7-15)9-16-10-13/h8-10H,7,11,15H2,1-4H3. The van der Waals surface area contributed by atoms with E-state index in [1.54, 1.807) is 7.05 Å². The van der Waals surface area contributed by atoms with Crippen LogP contribution < -0.4 is 5.73 Å². The second kappa shape index (κ2) is 6.35. The first-order chi connectivity index (χ1) is 9.16. The number of hydrogen-bond donors (Lipinski definition) is 1. The average Bonchev–Trinajstić information content (AvgIpc) is 2.34. The molecule has 0 aliphatic carbocycles. The molecule has 20 heavy (non-hydrogen) atoms. The van der Waals surface area contributed by atoms with Gasteiger partial charge in [-0.15, -0.1) is 0 Å². The Morgan fingerprint density at radius 2 is 2.00 bits per heavy atom. The minimum absolute atomic E-state index is 0.119. The molecular weight excluding hydrogens is 274 g/mol. The van der Waals surface area contributed by atoms with Crippen molar-refractivity contribution in [3.05, 3.63) is 24.0 Å². The van der Waals surface area contributed by atoms with E-state index < -0.39 is 10.0 Å². The molecule has 0 atom stereocenters. The van der Waals surface area contributed by atoms with Gasteiger partial charge in [0.25, 0.3) is 0 Å². The van der Waals surface area contributed by atoms with Gasteiger partial charge in [0.15, 0.2) is 0 Å². The Hall–Kier alpha value is -1.42. The zero-order valence-electron chi connectivity index (χ0n) is 12.3. The molecule has 1 aromatic rings. The largest absolute Gasteiger partial charge is 0.320 e. The Labute approximate surface area is 121 Å². The van der Waals surface area contributed by atoms with Crippen molar-refractivity contribution < 1.29 is 8.42 Å². The molecule has 0 bridgehead atoms. The molecule has 0 saturated heterocycles. The highest BCUT2D eigenvalue weighted by Gasteiger charge is 2.25. The molecule has 0 aliphatic heterocycles. The van der Waals surface area contributed by atoms with Crippen LogP contribution in [0.5, 0.6) is 0 Å². The molecule has 6 heteroatoms. The maximum absolute atomic E-state index is 12.4. The molecular formula is C14H21N3O2S. The van der Waals surface area contributed by atoms with E-state index in [2.05, 4.69) is 16.8 Å². The number of nitrogens with two attached hydrogens (primary N) is 1. The Morgan fingerprint density at radius 1 is 1.35 bits per heavy atom. The summed E-state index contributed by atoms with van der Waals surface area (Å²) in [6.07, 6.45) is 2.85.